The molecule has 0 saturated heterocycles. The van der Waals surface area contributed by atoms with E-state index < -0.39 is 45.0 Å². The Kier molecular flexibility index (Phi) is 5.81. The monoisotopic (exact) mass is 443 g/mol. The molecule has 0 saturated carbocycles. The fraction of sp³-hybridized carbons (Fsp3) is 0.300. The number of halogens is 5. The van der Waals surface area contributed by atoms with Gasteiger partial charge in [-0.2, -0.15) is 13.2 Å². The summed E-state index contributed by atoms with van der Waals surface area (Å²) in [7, 11) is -1.39. The van der Waals surface area contributed by atoms with E-state index in [1.54, 1.807) is 13.8 Å². The van der Waals surface area contributed by atoms with E-state index in [-0.39, 0.29) is 28.4 Å². The van der Waals surface area contributed by atoms with Crippen LogP contribution in [0.2, 0.25) is 0 Å². The molecule has 0 amide bonds. The summed E-state index contributed by atoms with van der Waals surface area (Å²) in [5.41, 5.74) is 4.95. The lowest BCUT2D eigenvalue weighted by Gasteiger charge is -2.31. The van der Waals surface area contributed by atoms with E-state index in [2.05, 4.69) is 9.98 Å². The molecule has 3 rings (SSSR count). The van der Waals surface area contributed by atoms with Gasteiger partial charge in [0.15, 0.2) is 0 Å². The normalized spacial score (nSPS) is 22.0. The van der Waals surface area contributed by atoms with Crippen LogP contribution in [0.4, 0.5) is 22.0 Å². The fourth-order valence-corrected chi connectivity index (χ4v) is 4.06. The summed E-state index contributed by atoms with van der Waals surface area (Å²) >= 11 is 0. The molecule has 2 unspecified atom stereocenters. The third-order valence-corrected chi connectivity index (χ3v) is 6.76. The van der Waals surface area contributed by atoms with E-state index in [1.165, 1.54) is 12.1 Å². The van der Waals surface area contributed by atoms with Gasteiger partial charge >= 0.3 is 6.18 Å². The third kappa shape index (κ3) is 4.43. The van der Waals surface area contributed by atoms with Gasteiger partial charge < -0.3 is 5.73 Å². The Hall–Kier alpha value is -2.62. The predicted molar refractivity (Wildman–Crippen MR) is 106 cm³/mol. The zero-order valence-electron chi connectivity index (χ0n) is 16.0. The average Bonchev–Trinajstić information content (AvgIpc) is 2.67. The molecule has 1 aliphatic heterocycles. The number of rotatable bonds is 3. The van der Waals surface area contributed by atoms with Gasteiger partial charge in [0.1, 0.15) is 17.5 Å². The van der Waals surface area contributed by atoms with E-state index in [0.29, 0.717) is 6.20 Å². The van der Waals surface area contributed by atoms with Gasteiger partial charge in [0.2, 0.25) is 0 Å². The van der Waals surface area contributed by atoms with Crippen LogP contribution in [0, 0.1) is 5.82 Å². The molecule has 10 heteroatoms. The van der Waals surface area contributed by atoms with Gasteiger partial charge in [-0.1, -0.05) is 6.07 Å². The molecule has 160 valence electrons. The minimum atomic E-state index is -4.57. The highest BCUT2D eigenvalue weighted by atomic mass is 32.2. The Morgan fingerprint density at radius 1 is 1.27 bits per heavy atom. The fourth-order valence-electron chi connectivity index (χ4n) is 2.82. The summed E-state index contributed by atoms with van der Waals surface area (Å²) in [5, 5.41) is 0. The van der Waals surface area contributed by atoms with E-state index in [0.717, 1.165) is 24.3 Å². The first-order valence-electron chi connectivity index (χ1n) is 8.82. The number of alkyl halides is 3. The number of amidine groups is 1. The van der Waals surface area contributed by atoms with Crippen LogP contribution in [-0.4, -0.2) is 25.5 Å². The standard InChI is InChI=1S/C20H18F5N3OS/c1-19(2)18(26)28-17(10-30(19)29)13-7-11(3-5-14(13)21)8-15(22)16-6-4-12(9-27-16)20(23,24)25/h3-9,17H,10H2,1-2H3,(H2,26,28)/b15-8-. The summed E-state index contributed by atoms with van der Waals surface area (Å²) in [6.07, 6.45) is -3.01. The van der Waals surface area contributed by atoms with Crippen LogP contribution >= 0.6 is 0 Å². The van der Waals surface area contributed by atoms with Gasteiger partial charge in [0, 0.05) is 22.6 Å². The number of pyridine rings is 1. The molecule has 1 aromatic heterocycles. The lowest BCUT2D eigenvalue weighted by atomic mass is 10.0. The first-order chi connectivity index (χ1) is 13.9. The van der Waals surface area contributed by atoms with Gasteiger partial charge in [0.25, 0.3) is 0 Å². The summed E-state index contributed by atoms with van der Waals surface area (Å²) < 4.78 is 78.3. The van der Waals surface area contributed by atoms with Crippen LogP contribution in [0.5, 0.6) is 0 Å². The molecule has 2 heterocycles. The lowest BCUT2D eigenvalue weighted by molar-refractivity contribution is -0.137. The maximum atomic E-state index is 14.5. The van der Waals surface area contributed by atoms with Crippen molar-refractivity contribution in [2.45, 2.75) is 30.8 Å². The summed E-state index contributed by atoms with van der Waals surface area (Å²) in [4.78, 5) is 7.75. The van der Waals surface area contributed by atoms with Crippen LogP contribution in [0.25, 0.3) is 11.9 Å². The highest BCUT2D eigenvalue weighted by Gasteiger charge is 2.37. The van der Waals surface area contributed by atoms with Crippen LogP contribution in [-0.2, 0) is 17.0 Å². The van der Waals surface area contributed by atoms with Gasteiger partial charge in [-0.05, 0) is 49.8 Å². The van der Waals surface area contributed by atoms with Crippen LogP contribution in [0.15, 0.2) is 41.5 Å². The van der Waals surface area contributed by atoms with Crippen molar-refractivity contribution in [3.63, 3.8) is 0 Å². The minimum absolute atomic E-state index is 0.0563. The molecule has 0 fully saturated rings. The molecule has 0 bridgehead atoms. The van der Waals surface area contributed by atoms with Crippen molar-refractivity contribution in [3.05, 3.63) is 64.7 Å². The summed E-state index contributed by atoms with van der Waals surface area (Å²) in [6, 6.07) is 4.61. The zero-order valence-corrected chi connectivity index (χ0v) is 16.8. The number of hydrogen-bond acceptors (Lipinski definition) is 4. The van der Waals surface area contributed by atoms with E-state index >= 15 is 0 Å². The Bertz CT molecular complexity index is 1050. The number of benzene rings is 1. The van der Waals surface area contributed by atoms with Crippen molar-refractivity contribution < 1.29 is 26.2 Å². The molecular weight excluding hydrogens is 425 g/mol. The Morgan fingerprint density at radius 2 is 1.97 bits per heavy atom. The molecule has 1 aromatic carbocycles. The van der Waals surface area contributed by atoms with E-state index in [9.17, 15) is 26.2 Å². The molecule has 0 aliphatic carbocycles. The van der Waals surface area contributed by atoms with Crippen molar-refractivity contribution in [3.8, 4) is 0 Å². The number of nitrogens with two attached hydrogens (primary N) is 1. The summed E-state index contributed by atoms with van der Waals surface area (Å²) in [6.45, 7) is 3.36. The van der Waals surface area contributed by atoms with Gasteiger partial charge in [-0.3, -0.25) is 14.2 Å². The van der Waals surface area contributed by atoms with Crippen LogP contribution in [0.1, 0.15) is 42.3 Å². The maximum absolute atomic E-state index is 14.5. The van der Waals surface area contributed by atoms with Crippen molar-refractivity contribution >= 4 is 28.5 Å². The first-order valence-corrected chi connectivity index (χ1v) is 10.1. The van der Waals surface area contributed by atoms with Crippen molar-refractivity contribution in [2.75, 3.05) is 5.75 Å². The van der Waals surface area contributed by atoms with Gasteiger partial charge in [0.05, 0.1) is 27.8 Å². The van der Waals surface area contributed by atoms with Crippen LogP contribution < -0.4 is 5.73 Å². The molecule has 0 radical (unpaired) electrons. The quantitative estimate of drug-likeness (QED) is 0.703. The number of nitrogens with zero attached hydrogens (tertiary/aromatic N) is 2. The Balaban J connectivity index is 1.92. The number of aliphatic imine (C=N–C) groups is 1. The number of hydrogen-bond donors (Lipinski definition) is 1. The highest BCUT2D eigenvalue weighted by molar-refractivity contribution is 7.87. The van der Waals surface area contributed by atoms with Crippen molar-refractivity contribution in [2.24, 2.45) is 10.7 Å². The molecule has 30 heavy (non-hydrogen) atoms. The smallest absolute Gasteiger partial charge is 0.386 e. The second-order valence-electron chi connectivity index (χ2n) is 7.26. The number of aromatic nitrogens is 1. The van der Waals surface area contributed by atoms with Crippen molar-refractivity contribution in [1.82, 2.24) is 4.98 Å². The molecule has 2 atom stereocenters. The highest BCUT2D eigenvalue weighted by Crippen LogP contribution is 2.32. The first kappa shape index (κ1) is 22.1. The molecule has 0 spiro atoms. The van der Waals surface area contributed by atoms with E-state index in [1.807, 2.05) is 0 Å². The maximum Gasteiger partial charge on any atom is 0.417 e. The average molecular weight is 443 g/mol. The van der Waals surface area contributed by atoms with Crippen LogP contribution in [0.3, 0.4) is 0 Å². The molecular formula is C20H18F5N3OS. The largest absolute Gasteiger partial charge is 0.417 e. The lowest BCUT2D eigenvalue weighted by Crippen LogP contribution is -2.47. The SMILES string of the molecule is CC1(C)C(N)=NC(c2cc(/C=C(\F)c3ccc(C(F)(F)F)cn3)ccc2F)CS1=O. The molecule has 2 aromatic rings. The van der Waals surface area contributed by atoms with Gasteiger partial charge in [-0.25, -0.2) is 8.78 Å². The minimum Gasteiger partial charge on any atom is -0.386 e. The molecule has 2 N–H and O–H groups in total. The van der Waals surface area contributed by atoms with E-state index in [4.69, 9.17) is 5.73 Å². The van der Waals surface area contributed by atoms with Crippen molar-refractivity contribution in [1.29, 1.82) is 0 Å². The predicted octanol–water partition coefficient (Wildman–Crippen LogP) is 4.65. The second kappa shape index (κ2) is 7.90. The summed E-state index contributed by atoms with van der Waals surface area (Å²) in [5.74, 6) is -1.31. The Morgan fingerprint density at radius 3 is 2.53 bits per heavy atom. The molecule has 4 nitrogen and oxygen atoms in total. The zero-order chi connectivity index (χ0) is 22.3. The third-order valence-electron chi connectivity index (χ3n) is 4.80. The Labute approximate surface area is 172 Å². The topological polar surface area (TPSA) is 68.3 Å². The second-order valence-corrected chi connectivity index (χ2v) is 9.30. The van der Waals surface area contributed by atoms with Gasteiger partial charge in [-0.15, -0.1) is 0 Å². The molecule has 1 aliphatic rings.